The minimum Gasteiger partial charge on any atom is -0.396 e. The first-order valence-electron chi connectivity index (χ1n) is 4.47. The molecule has 0 bridgehead atoms. The molecule has 1 N–H and O–H groups in total. The molecule has 78 valence electrons. The van der Waals surface area contributed by atoms with Crippen LogP contribution in [-0.2, 0) is 6.42 Å². The molecular weight excluding hydrogens is 260 g/mol. The molecule has 0 aromatic carbocycles. The van der Waals surface area contributed by atoms with E-state index in [1.165, 1.54) is 0 Å². The zero-order valence-electron chi connectivity index (χ0n) is 7.85. The highest BCUT2D eigenvalue weighted by molar-refractivity contribution is 9.10. The number of nitrogens with zero attached hydrogens (tertiary/aromatic N) is 2. The molecule has 0 aliphatic heterocycles. The van der Waals surface area contributed by atoms with Crippen LogP contribution in [0.1, 0.15) is 5.76 Å². The predicted octanol–water partition coefficient (Wildman–Crippen LogP) is 2.03. The molecule has 0 amide bonds. The fraction of sp³-hybridized carbons (Fsp3) is 0.200. The van der Waals surface area contributed by atoms with Gasteiger partial charge in [-0.2, -0.15) is 0 Å². The van der Waals surface area contributed by atoms with Crippen molar-refractivity contribution in [1.82, 2.24) is 10.1 Å². The van der Waals surface area contributed by atoms with Crippen LogP contribution in [0.3, 0.4) is 0 Å². The Morgan fingerprint density at radius 2 is 2.20 bits per heavy atom. The third-order valence-corrected chi connectivity index (χ3v) is 2.35. The number of pyridine rings is 1. The molecule has 4 nitrogen and oxygen atoms in total. The number of aliphatic hydroxyl groups excluding tert-OH is 1. The molecule has 15 heavy (non-hydrogen) atoms. The van der Waals surface area contributed by atoms with Crippen LogP contribution in [0.4, 0.5) is 0 Å². The Morgan fingerprint density at radius 1 is 1.33 bits per heavy atom. The van der Waals surface area contributed by atoms with Gasteiger partial charge in [-0.1, -0.05) is 5.16 Å². The molecule has 2 rings (SSSR count). The molecular formula is C10H9BrN2O2. The maximum absolute atomic E-state index is 8.74. The number of hydrogen-bond donors (Lipinski definition) is 1. The fourth-order valence-electron chi connectivity index (χ4n) is 1.23. The SMILES string of the molecule is OCCc1cc(-c2cncc(Br)c2)no1. The van der Waals surface area contributed by atoms with Crippen LogP contribution >= 0.6 is 15.9 Å². The molecule has 0 spiro atoms. The minimum absolute atomic E-state index is 0.0609. The molecule has 0 saturated heterocycles. The zero-order valence-corrected chi connectivity index (χ0v) is 9.44. The van der Waals surface area contributed by atoms with Crippen molar-refractivity contribution in [2.45, 2.75) is 6.42 Å². The monoisotopic (exact) mass is 268 g/mol. The van der Waals surface area contributed by atoms with E-state index >= 15 is 0 Å². The van der Waals surface area contributed by atoms with Gasteiger partial charge >= 0.3 is 0 Å². The molecule has 0 unspecified atom stereocenters. The fourth-order valence-corrected chi connectivity index (χ4v) is 1.59. The van der Waals surface area contributed by atoms with Crippen LogP contribution in [0, 0.1) is 0 Å². The van der Waals surface area contributed by atoms with E-state index in [0.717, 1.165) is 15.7 Å². The lowest BCUT2D eigenvalue weighted by Crippen LogP contribution is -1.86. The van der Waals surface area contributed by atoms with Crippen LogP contribution in [-0.4, -0.2) is 21.9 Å². The van der Waals surface area contributed by atoms with Crippen LogP contribution < -0.4 is 0 Å². The summed E-state index contributed by atoms with van der Waals surface area (Å²) in [7, 11) is 0. The Bertz CT molecular complexity index is 456. The smallest absolute Gasteiger partial charge is 0.139 e. The molecule has 0 aliphatic carbocycles. The van der Waals surface area contributed by atoms with E-state index in [9.17, 15) is 0 Å². The Morgan fingerprint density at radius 3 is 2.93 bits per heavy atom. The van der Waals surface area contributed by atoms with E-state index in [2.05, 4.69) is 26.1 Å². The van der Waals surface area contributed by atoms with Gasteiger partial charge in [0.05, 0.1) is 6.61 Å². The Labute approximate surface area is 95.1 Å². The van der Waals surface area contributed by atoms with Crippen LogP contribution in [0.25, 0.3) is 11.3 Å². The average Bonchev–Trinajstić information content (AvgIpc) is 2.67. The first kappa shape index (κ1) is 10.3. The first-order valence-corrected chi connectivity index (χ1v) is 5.26. The second-order valence-electron chi connectivity index (χ2n) is 3.04. The van der Waals surface area contributed by atoms with Crippen molar-refractivity contribution in [1.29, 1.82) is 0 Å². The number of aliphatic hydroxyl groups is 1. The number of aromatic nitrogens is 2. The van der Waals surface area contributed by atoms with Crippen molar-refractivity contribution < 1.29 is 9.63 Å². The number of halogens is 1. The predicted molar refractivity (Wildman–Crippen MR) is 58.2 cm³/mol. The van der Waals surface area contributed by atoms with E-state index < -0.39 is 0 Å². The summed E-state index contributed by atoms with van der Waals surface area (Å²) in [5.74, 6) is 0.674. The standard InChI is InChI=1S/C10H9BrN2O2/c11-8-3-7(5-12-6-8)10-4-9(1-2-14)15-13-10/h3-6,14H,1-2H2. The van der Waals surface area contributed by atoms with E-state index in [1.807, 2.05) is 6.07 Å². The van der Waals surface area contributed by atoms with E-state index in [4.69, 9.17) is 9.63 Å². The summed E-state index contributed by atoms with van der Waals surface area (Å²) in [5.41, 5.74) is 1.62. The molecule has 0 radical (unpaired) electrons. The van der Waals surface area contributed by atoms with Gasteiger partial charge in [0, 0.05) is 34.9 Å². The topological polar surface area (TPSA) is 59.2 Å². The van der Waals surface area contributed by atoms with Gasteiger partial charge in [-0.15, -0.1) is 0 Å². The maximum Gasteiger partial charge on any atom is 0.139 e. The molecule has 2 heterocycles. The van der Waals surface area contributed by atoms with Crippen molar-refractivity contribution >= 4 is 15.9 Å². The Balaban J connectivity index is 2.29. The number of rotatable bonds is 3. The molecule has 5 heteroatoms. The third-order valence-electron chi connectivity index (χ3n) is 1.92. The minimum atomic E-state index is 0.0609. The Hall–Kier alpha value is -1.20. The summed E-state index contributed by atoms with van der Waals surface area (Å²) in [6.45, 7) is 0.0609. The summed E-state index contributed by atoms with van der Waals surface area (Å²) in [4.78, 5) is 4.04. The molecule has 2 aromatic heterocycles. The van der Waals surface area contributed by atoms with Gasteiger partial charge in [0.1, 0.15) is 11.5 Å². The summed E-state index contributed by atoms with van der Waals surface area (Å²) in [6, 6.07) is 3.72. The molecule has 0 atom stereocenters. The lowest BCUT2D eigenvalue weighted by atomic mass is 10.2. The van der Waals surface area contributed by atoms with Crippen LogP contribution in [0.5, 0.6) is 0 Å². The van der Waals surface area contributed by atoms with Gasteiger partial charge in [-0.05, 0) is 22.0 Å². The van der Waals surface area contributed by atoms with E-state index in [-0.39, 0.29) is 6.61 Å². The van der Waals surface area contributed by atoms with Crippen molar-refractivity contribution in [3.8, 4) is 11.3 Å². The lowest BCUT2D eigenvalue weighted by molar-refractivity contribution is 0.277. The van der Waals surface area contributed by atoms with Crippen LogP contribution in [0.15, 0.2) is 33.5 Å². The average molecular weight is 269 g/mol. The summed E-state index contributed by atoms with van der Waals surface area (Å²) in [5, 5.41) is 12.6. The second kappa shape index (κ2) is 4.55. The van der Waals surface area contributed by atoms with E-state index in [0.29, 0.717) is 12.2 Å². The normalized spacial score (nSPS) is 10.5. The van der Waals surface area contributed by atoms with Gasteiger partial charge < -0.3 is 9.63 Å². The molecule has 2 aromatic rings. The summed E-state index contributed by atoms with van der Waals surface area (Å²) in [6.07, 6.45) is 3.90. The van der Waals surface area contributed by atoms with Gasteiger partial charge in [0.15, 0.2) is 0 Å². The molecule has 0 fully saturated rings. The van der Waals surface area contributed by atoms with Gasteiger partial charge in [0.2, 0.25) is 0 Å². The third kappa shape index (κ3) is 2.43. The number of hydrogen-bond acceptors (Lipinski definition) is 4. The maximum atomic E-state index is 8.74. The van der Waals surface area contributed by atoms with Gasteiger partial charge in [0.25, 0.3) is 0 Å². The highest BCUT2D eigenvalue weighted by atomic mass is 79.9. The zero-order chi connectivity index (χ0) is 10.7. The van der Waals surface area contributed by atoms with E-state index in [1.54, 1.807) is 18.5 Å². The summed E-state index contributed by atoms with van der Waals surface area (Å²) >= 11 is 3.34. The van der Waals surface area contributed by atoms with Crippen molar-refractivity contribution in [2.24, 2.45) is 0 Å². The molecule has 0 saturated carbocycles. The van der Waals surface area contributed by atoms with Crippen molar-refractivity contribution in [3.63, 3.8) is 0 Å². The summed E-state index contributed by atoms with van der Waals surface area (Å²) < 4.78 is 5.94. The highest BCUT2D eigenvalue weighted by Gasteiger charge is 2.06. The Kier molecular flexibility index (Phi) is 3.13. The van der Waals surface area contributed by atoms with Crippen LogP contribution in [0.2, 0.25) is 0 Å². The van der Waals surface area contributed by atoms with Crippen molar-refractivity contribution in [3.05, 3.63) is 34.8 Å². The first-order chi connectivity index (χ1) is 7.29. The highest BCUT2D eigenvalue weighted by Crippen LogP contribution is 2.21. The second-order valence-corrected chi connectivity index (χ2v) is 3.96. The van der Waals surface area contributed by atoms with Crippen molar-refractivity contribution in [2.75, 3.05) is 6.61 Å². The van der Waals surface area contributed by atoms with Gasteiger partial charge in [-0.25, -0.2) is 0 Å². The molecule has 0 aliphatic rings. The quantitative estimate of drug-likeness (QED) is 0.926. The largest absolute Gasteiger partial charge is 0.396 e. The van der Waals surface area contributed by atoms with Gasteiger partial charge in [-0.3, -0.25) is 4.98 Å². The lowest BCUT2D eigenvalue weighted by Gasteiger charge is -1.94.